The Morgan fingerprint density at radius 3 is 2.78 bits per heavy atom. The molecule has 1 aliphatic carbocycles. The summed E-state index contributed by atoms with van der Waals surface area (Å²) in [5.41, 5.74) is 2.54. The van der Waals surface area contributed by atoms with Crippen molar-refractivity contribution < 1.29 is 14.6 Å². The van der Waals surface area contributed by atoms with Crippen LogP contribution in [0.2, 0.25) is 5.15 Å². The van der Waals surface area contributed by atoms with Crippen LogP contribution < -0.4 is 4.74 Å². The Morgan fingerprint density at radius 1 is 1.39 bits per heavy atom. The van der Waals surface area contributed by atoms with Crippen molar-refractivity contribution in [3.8, 4) is 11.6 Å². The SMILES string of the molecule is Cc1cccc(C2CC2)c1Oc1nnc(Cl)cc1C(C)C(=O)O. The Morgan fingerprint density at radius 2 is 2.13 bits per heavy atom. The zero-order valence-corrected chi connectivity index (χ0v) is 13.7. The molecule has 1 aliphatic rings. The van der Waals surface area contributed by atoms with E-state index in [0.717, 1.165) is 29.7 Å². The van der Waals surface area contributed by atoms with E-state index in [0.29, 0.717) is 11.5 Å². The fourth-order valence-corrected chi connectivity index (χ4v) is 2.67. The van der Waals surface area contributed by atoms with Gasteiger partial charge in [-0.25, -0.2) is 0 Å². The molecule has 0 saturated heterocycles. The van der Waals surface area contributed by atoms with Gasteiger partial charge in [0.15, 0.2) is 5.15 Å². The average Bonchev–Trinajstić information content (AvgIpc) is 3.34. The van der Waals surface area contributed by atoms with Gasteiger partial charge in [0.1, 0.15) is 5.75 Å². The first-order valence-electron chi connectivity index (χ1n) is 7.50. The van der Waals surface area contributed by atoms with Crippen LogP contribution in [0, 0.1) is 6.92 Å². The van der Waals surface area contributed by atoms with Gasteiger partial charge in [-0.15, -0.1) is 10.2 Å². The molecule has 1 aromatic heterocycles. The maximum Gasteiger partial charge on any atom is 0.310 e. The number of hydrogen-bond donors (Lipinski definition) is 1. The number of aromatic nitrogens is 2. The summed E-state index contributed by atoms with van der Waals surface area (Å²) in [7, 11) is 0. The molecule has 6 heteroatoms. The maximum absolute atomic E-state index is 11.3. The highest BCUT2D eigenvalue weighted by atomic mass is 35.5. The Hall–Kier alpha value is -2.14. The van der Waals surface area contributed by atoms with Crippen molar-refractivity contribution >= 4 is 17.6 Å². The number of ether oxygens (including phenoxy) is 1. The Bertz CT molecular complexity index is 759. The van der Waals surface area contributed by atoms with Crippen LogP contribution in [-0.4, -0.2) is 21.3 Å². The maximum atomic E-state index is 11.3. The number of nitrogens with zero attached hydrogens (tertiary/aromatic N) is 2. The monoisotopic (exact) mass is 332 g/mol. The van der Waals surface area contributed by atoms with Crippen LogP contribution in [0.25, 0.3) is 0 Å². The van der Waals surface area contributed by atoms with Crippen LogP contribution in [0.1, 0.15) is 48.3 Å². The van der Waals surface area contributed by atoms with Gasteiger partial charge >= 0.3 is 5.97 Å². The normalized spacial score (nSPS) is 15.3. The molecule has 3 rings (SSSR count). The van der Waals surface area contributed by atoms with Gasteiger partial charge in [0.05, 0.1) is 5.92 Å². The summed E-state index contributed by atoms with van der Waals surface area (Å²) in [5.74, 6) is -0.311. The zero-order chi connectivity index (χ0) is 16.6. The molecule has 0 radical (unpaired) electrons. The van der Waals surface area contributed by atoms with Gasteiger partial charge in [0.25, 0.3) is 0 Å². The van der Waals surface area contributed by atoms with Crippen LogP contribution in [0.5, 0.6) is 11.6 Å². The molecule has 0 aliphatic heterocycles. The first-order chi connectivity index (χ1) is 11.0. The smallest absolute Gasteiger partial charge is 0.310 e. The number of rotatable bonds is 5. The largest absolute Gasteiger partial charge is 0.481 e. The Labute approximate surface area is 139 Å². The molecule has 120 valence electrons. The van der Waals surface area contributed by atoms with Crippen molar-refractivity contribution in [3.05, 3.63) is 46.1 Å². The van der Waals surface area contributed by atoms with Crippen molar-refractivity contribution in [1.29, 1.82) is 0 Å². The molecular formula is C17H17ClN2O3. The lowest BCUT2D eigenvalue weighted by molar-refractivity contribution is -0.138. The molecule has 23 heavy (non-hydrogen) atoms. The summed E-state index contributed by atoms with van der Waals surface area (Å²) in [4.78, 5) is 11.3. The molecule has 0 amide bonds. The standard InChI is InChI=1S/C17H17ClN2O3/c1-9-4-3-5-12(11-6-7-11)15(9)23-16-13(10(2)17(21)22)8-14(18)19-20-16/h3-5,8,10-11H,6-7H2,1-2H3,(H,21,22). The topological polar surface area (TPSA) is 72.3 Å². The lowest BCUT2D eigenvalue weighted by Gasteiger charge is -2.16. The van der Waals surface area contributed by atoms with Crippen molar-refractivity contribution in [3.63, 3.8) is 0 Å². The molecule has 1 atom stereocenters. The predicted molar refractivity (Wildman–Crippen MR) is 86.3 cm³/mol. The third kappa shape index (κ3) is 3.29. The van der Waals surface area contributed by atoms with Crippen LogP contribution in [0.4, 0.5) is 0 Å². The number of halogens is 1. The molecule has 2 aromatic rings. The third-order valence-corrected chi connectivity index (χ3v) is 4.24. The van der Waals surface area contributed by atoms with E-state index in [1.165, 1.54) is 6.07 Å². The number of para-hydroxylation sites is 1. The minimum absolute atomic E-state index is 0.146. The third-order valence-electron chi connectivity index (χ3n) is 4.05. The molecule has 1 saturated carbocycles. The van der Waals surface area contributed by atoms with E-state index in [2.05, 4.69) is 10.2 Å². The number of benzene rings is 1. The molecular weight excluding hydrogens is 316 g/mol. The molecule has 1 N–H and O–H groups in total. The summed E-state index contributed by atoms with van der Waals surface area (Å²) < 4.78 is 6.00. The highest BCUT2D eigenvalue weighted by Gasteiger charge is 2.29. The number of carbonyl (C=O) groups is 1. The van der Waals surface area contributed by atoms with E-state index in [1.54, 1.807) is 6.92 Å². The summed E-state index contributed by atoms with van der Waals surface area (Å²) in [5, 5.41) is 17.2. The average molecular weight is 333 g/mol. The van der Waals surface area contributed by atoms with Crippen molar-refractivity contribution in [2.24, 2.45) is 0 Å². The van der Waals surface area contributed by atoms with Gasteiger partial charge in [0, 0.05) is 5.56 Å². The quantitative estimate of drug-likeness (QED) is 0.883. The Kier molecular flexibility index (Phi) is 4.22. The zero-order valence-electron chi connectivity index (χ0n) is 12.9. The predicted octanol–water partition coefficient (Wildman–Crippen LogP) is 4.30. The summed E-state index contributed by atoms with van der Waals surface area (Å²) in [6, 6.07) is 7.51. The molecule has 0 spiro atoms. The van der Waals surface area contributed by atoms with Gasteiger partial charge in [-0.05, 0) is 49.8 Å². The van der Waals surface area contributed by atoms with E-state index in [-0.39, 0.29) is 11.0 Å². The minimum Gasteiger partial charge on any atom is -0.481 e. The van der Waals surface area contributed by atoms with Crippen LogP contribution >= 0.6 is 11.6 Å². The molecule has 5 nitrogen and oxygen atoms in total. The second-order valence-electron chi connectivity index (χ2n) is 5.86. The summed E-state index contributed by atoms with van der Waals surface area (Å²) in [6.45, 7) is 3.53. The number of aliphatic carboxylic acids is 1. The molecule has 1 heterocycles. The van der Waals surface area contributed by atoms with E-state index in [1.807, 2.05) is 25.1 Å². The number of carboxylic acid groups (broad SMARTS) is 1. The summed E-state index contributed by atoms with van der Waals surface area (Å²) >= 11 is 5.87. The van der Waals surface area contributed by atoms with Gasteiger partial charge in [-0.2, -0.15) is 0 Å². The fourth-order valence-electron chi connectivity index (χ4n) is 2.52. The number of aryl methyl sites for hydroxylation is 1. The van der Waals surface area contributed by atoms with Crippen LogP contribution in [0.3, 0.4) is 0 Å². The summed E-state index contributed by atoms with van der Waals surface area (Å²) in [6.07, 6.45) is 2.29. The van der Waals surface area contributed by atoms with E-state index in [4.69, 9.17) is 16.3 Å². The highest BCUT2D eigenvalue weighted by Crippen LogP contribution is 2.46. The number of hydrogen-bond acceptors (Lipinski definition) is 4. The fraction of sp³-hybridized carbons (Fsp3) is 0.353. The molecule has 1 unspecified atom stereocenters. The second-order valence-corrected chi connectivity index (χ2v) is 6.24. The minimum atomic E-state index is -0.967. The lowest BCUT2D eigenvalue weighted by atomic mass is 10.0. The first-order valence-corrected chi connectivity index (χ1v) is 7.88. The van der Waals surface area contributed by atoms with Crippen LogP contribution in [-0.2, 0) is 4.79 Å². The first kappa shape index (κ1) is 15.7. The van der Waals surface area contributed by atoms with Gasteiger partial charge in [-0.1, -0.05) is 29.8 Å². The lowest BCUT2D eigenvalue weighted by Crippen LogP contribution is -2.10. The van der Waals surface area contributed by atoms with Crippen molar-refractivity contribution in [2.45, 2.75) is 38.5 Å². The van der Waals surface area contributed by atoms with Gasteiger partial charge < -0.3 is 9.84 Å². The van der Waals surface area contributed by atoms with E-state index < -0.39 is 11.9 Å². The highest BCUT2D eigenvalue weighted by molar-refractivity contribution is 6.29. The number of carboxylic acids is 1. The van der Waals surface area contributed by atoms with E-state index >= 15 is 0 Å². The molecule has 0 bridgehead atoms. The van der Waals surface area contributed by atoms with Crippen LogP contribution in [0.15, 0.2) is 24.3 Å². The van der Waals surface area contributed by atoms with Crippen molar-refractivity contribution in [2.75, 3.05) is 0 Å². The van der Waals surface area contributed by atoms with Crippen molar-refractivity contribution in [1.82, 2.24) is 10.2 Å². The van der Waals surface area contributed by atoms with E-state index in [9.17, 15) is 9.90 Å². The second kappa shape index (κ2) is 6.16. The van der Waals surface area contributed by atoms with Gasteiger partial charge in [0.2, 0.25) is 5.88 Å². The van der Waals surface area contributed by atoms with Gasteiger partial charge in [-0.3, -0.25) is 4.79 Å². The Balaban J connectivity index is 2.02. The molecule has 1 aromatic carbocycles. The molecule has 1 fully saturated rings.